The zero-order valence-corrected chi connectivity index (χ0v) is 9.72. The molecule has 0 radical (unpaired) electrons. The van der Waals surface area contributed by atoms with Gasteiger partial charge in [0.05, 0.1) is 11.6 Å². The number of rotatable bonds is 1. The van der Waals surface area contributed by atoms with Crippen LogP contribution >= 0.6 is 0 Å². The summed E-state index contributed by atoms with van der Waals surface area (Å²) >= 11 is 0. The molecule has 0 aliphatic heterocycles. The van der Waals surface area contributed by atoms with Crippen LogP contribution in [-0.2, 0) is 6.18 Å². The lowest BCUT2D eigenvalue weighted by Gasteiger charge is -2.06. The first kappa shape index (κ1) is 13.6. The molecule has 2 rings (SSSR count). The average molecular weight is 281 g/mol. The Bertz CT molecular complexity index is 713. The quantitative estimate of drug-likeness (QED) is 0.871. The fourth-order valence-corrected chi connectivity index (χ4v) is 1.65. The molecule has 0 aliphatic carbocycles. The van der Waals surface area contributed by atoms with Gasteiger partial charge in [-0.15, -0.1) is 0 Å². The normalized spacial score (nSPS) is 11.1. The third-order valence-electron chi connectivity index (χ3n) is 2.48. The Balaban J connectivity index is 2.66. The Morgan fingerprint density at radius 2 is 2.10 bits per heavy atom. The van der Waals surface area contributed by atoms with Crippen LogP contribution in [0.2, 0.25) is 0 Å². The molecule has 0 amide bonds. The first-order valence-electron chi connectivity index (χ1n) is 5.23. The van der Waals surface area contributed by atoms with Gasteiger partial charge in [-0.2, -0.15) is 28.2 Å². The highest BCUT2D eigenvalue weighted by Crippen LogP contribution is 2.36. The SMILES string of the molecule is N#Cc1cccc(-c2cn(C(=O)O)nc2C(F)(F)F)c1. The number of nitrogens with zero attached hydrogens (tertiary/aromatic N) is 3. The Morgan fingerprint density at radius 1 is 1.40 bits per heavy atom. The monoisotopic (exact) mass is 281 g/mol. The maximum Gasteiger partial charge on any atom is 0.435 e. The van der Waals surface area contributed by atoms with E-state index < -0.39 is 23.5 Å². The molecule has 0 unspecified atom stereocenters. The van der Waals surface area contributed by atoms with Crippen molar-refractivity contribution in [3.05, 3.63) is 41.7 Å². The van der Waals surface area contributed by atoms with Crippen molar-refractivity contribution in [2.75, 3.05) is 0 Å². The summed E-state index contributed by atoms with van der Waals surface area (Å²) in [5.74, 6) is 0. The fraction of sp³-hybridized carbons (Fsp3) is 0.0833. The second kappa shape index (κ2) is 4.70. The minimum atomic E-state index is -4.79. The lowest BCUT2D eigenvalue weighted by atomic mass is 10.0. The highest BCUT2D eigenvalue weighted by atomic mass is 19.4. The van der Waals surface area contributed by atoms with E-state index in [2.05, 4.69) is 5.10 Å². The van der Waals surface area contributed by atoms with E-state index in [9.17, 15) is 18.0 Å². The molecule has 8 heteroatoms. The lowest BCUT2D eigenvalue weighted by molar-refractivity contribution is -0.140. The van der Waals surface area contributed by atoms with Crippen molar-refractivity contribution in [2.45, 2.75) is 6.18 Å². The van der Waals surface area contributed by atoms with Crippen LogP contribution in [0.25, 0.3) is 11.1 Å². The van der Waals surface area contributed by atoms with Gasteiger partial charge in [-0.3, -0.25) is 0 Å². The third-order valence-corrected chi connectivity index (χ3v) is 2.48. The van der Waals surface area contributed by atoms with E-state index >= 15 is 0 Å². The van der Waals surface area contributed by atoms with E-state index in [0.29, 0.717) is 0 Å². The molecule has 0 saturated carbocycles. The van der Waals surface area contributed by atoms with Crippen molar-refractivity contribution in [3.63, 3.8) is 0 Å². The van der Waals surface area contributed by atoms with Crippen LogP contribution in [0.15, 0.2) is 30.5 Å². The van der Waals surface area contributed by atoms with Crippen molar-refractivity contribution in [1.82, 2.24) is 9.78 Å². The number of alkyl halides is 3. The van der Waals surface area contributed by atoms with Crippen LogP contribution in [0.4, 0.5) is 18.0 Å². The summed E-state index contributed by atoms with van der Waals surface area (Å²) in [4.78, 5) is 10.7. The smallest absolute Gasteiger partial charge is 0.435 e. The zero-order chi connectivity index (χ0) is 14.9. The molecule has 2 aromatic rings. The number of carboxylic acid groups (broad SMARTS) is 1. The topological polar surface area (TPSA) is 78.9 Å². The summed E-state index contributed by atoms with van der Waals surface area (Å²) in [6.07, 6.45) is -5.65. The third kappa shape index (κ3) is 2.47. The van der Waals surface area contributed by atoms with Crippen molar-refractivity contribution in [3.8, 4) is 17.2 Å². The molecule has 0 spiro atoms. The average Bonchev–Trinajstić information content (AvgIpc) is 2.84. The minimum absolute atomic E-state index is 0.0730. The Morgan fingerprint density at radius 3 is 2.65 bits per heavy atom. The number of aromatic nitrogens is 2. The van der Waals surface area contributed by atoms with Crippen molar-refractivity contribution in [2.24, 2.45) is 0 Å². The molecule has 1 aromatic heterocycles. The molecule has 0 fully saturated rings. The molecular formula is C12H6F3N3O2. The van der Waals surface area contributed by atoms with Gasteiger partial charge in [-0.1, -0.05) is 12.1 Å². The zero-order valence-electron chi connectivity index (χ0n) is 9.72. The van der Waals surface area contributed by atoms with Gasteiger partial charge in [0.15, 0.2) is 5.69 Å². The number of hydrogen-bond donors (Lipinski definition) is 1. The Hall–Kier alpha value is -2.82. The minimum Gasteiger partial charge on any atom is -0.463 e. The van der Waals surface area contributed by atoms with Gasteiger partial charge in [-0.25, -0.2) is 4.79 Å². The molecule has 1 N–H and O–H groups in total. The molecule has 5 nitrogen and oxygen atoms in total. The maximum atomic E-state index is 12.9. The summed E-state index contributed by atoms with van der Waals surface area (Å²) in [5.41, 5.74) is -1.46. The first-order chi connectivity index (χ1) is 9.32. The van der Waals surface area contributed by atoms with E-state index in [4.69, 9.17) is 10.4 Å². The van der Waals surface area contributed by atoms with Gasteiger partial charge in [0.1, 0.15) is 0 Å². The van der Waals surface area contributed by atoms with Gasteiger partial charge in [-0.05, 0) is 17.7 Å². The number of benzene rings is 1. The molecular weight excluding hydrogens is 275 g/mol. The molecule has 1 heterocycles. The number of hydrogen-bond acceptors (Lipinski definition) is 3. The van der Waals surface area contributed by atoms with Gasteiger partial charge < -0.3 is 5.11 Å². The van der Waals surface area contributed by atoms with Gasteiger partial charge in [0.2, 0.25) is 0 Å². The summed E-state index contributed by atoms with van der Waals surface area (Å²) < 4.78 is 38.8. The highest BCUT2D eigenvalue weighted by molar-refractivity contribution is 5.73. The molecule has 0 aliphatic rings. The second-order valence-electron chi connectivity index (χ2n) is 3.81. The predicted molar refractivity (Wildman–Crippen MR) is 60.8 cm³/mol. The summed E-state index contributed by atoms with van der Waals surface area (Å²) in [6, 6.07) is 7.22. The fourth-order valence-electron chi connectivity index (χ4n) is 1.65. The van der Waals surface area contributed by atoms with Crippen molar-refractivity contribution in [1.29, 1.82) is 5.26 Å². The van der Waals surface area contributed by atoms with Crippen LogP contribution < -0.4 is 0 Å². The molecule has 0 bridgehead atoms. The highest BCUT2D eigenvalue weighted by Gasteiger charge is 2.38. The van der Waals surface area contributed by atoms with Crippen molar-refractivity contribution < 1.29 is 23.1 Å². The molecule has 20 heavy (non-hydrogen) atoms. The molecule has 0 atom stereocenters. The van der Waals surface area contributed by atoms with Crippen molar-refractivity contribution >= 4 is 6.09 Å². The molecule has 0 saturated heterocycles. The Labute approximate surface area is 110 Å². The lowest BCUT2D eigenvalue weighted by Crippen LogP contribution is -2.12. The van der Waals surface area contributed by atoms with Crippen LogP contribution in [0.5, 0.6) is 0 Å². The van der Waals surface area contributed by atoms with E-state index in [0.717, 1.165) is 6.20 Å². The maximum absolute atomic E-state index is 12.9. The van der Waals surface area contributed by atoms with E-state index in [1.807, 2.05) is 0 Å². The summed E-state index contributed by atoms with van der Waals surface area (Å²) in [7, 11) is 0. The van der Waals surface area contributed by atoms with Crippen LogP contribution in [-0.4, -0.2) is 21.0 Å². The van der Waals surface area contributed by atoms with E-state index in [-0.39, 0.29) is 15.8 Å². The Kier molecular flexibility index (Phi) is 3.19. The molecule has 1 aromatic carbocycles. The first-order valence-corrected chi connectivity index (χ1v) is 5.23. The number of halogens is 3. The van der Waals surface area contributed by atoms with E-state index in [1.54, 1.807) is 6.07 Å². The second-order valence-corrected chi connectivity index (χ2v) is 3.81. The van der Waals surface area contributed by atoms with Gasteiger partial charge >= 0.3 is 12.3 Å². The summed E-state index contributed by atoms with van der Waals surface area (Å²) in [6.45, 7) is 0. The summed E-state index contributed by atoms with van der Waals surface area (Å²) in [5, 5.41) is 20.5. The van der Waals surface area contributed by atoms with Crippen LogP contribution in [0.3, 0.4) is 0 Å². The number of carbonyl (C=O) groups is 1. The van der Waals surface area contributed by atoms with Gasteiger partial charge in [0, 0.05) is 11.8 Å². The standard InChI is InChI=1S/C12H6F3N3O2/c13-12(14,15)10-9(6-18(17-10)11(19)20)8-3-1-2-7(4-8)5-16/h1-4,6H,(H,19,20). The van der Waals surface area contributed by atoms with Crippen LogP contribution in [0.1, 0.15) is 11.3 Å². The van der Waals surface area contributed by atoms with E-state index in [1.165, 1.54) is 24.3 Å². The largest absolute Gasteiger partial charge is 0.463 e. The number of nitriles is 1. The molecule has 102 valence electrons. The predicted octanol–water partition coefficient (Wildman–Crippen LogP) is 2.97. The van der Waals surface area contributed by atoms with Crippen LogP contribution in [0, 0.1) is 11.3 Å². The van der Waals surface area contributed by atoms with Gasteiger partial charge in [0.25, 0.3) is 0 Å².